The summed E-state index contributed by atoms with van der Waals surface area (Å²) in [4.78, 5) is 90.1. The van der Waals surface area contributed by atoms with Gasteiger partial charge in [0.25, 0.3) is 11.8 Å². The minimum Gasteiger partial charge on any atom is -0.444 e. The number of amides is 7. The zero-order chi connectivity index (χ0) is 61.4. The number of aryl methyl sites for hydroxylation is 2. The van der Waals surface area contributed by atoms with Crippen LogP contribution in [0.2, 0.25) is 0 Å². The molecule has 2 aliphatic carbocycles. The summed E-state index contributed by atoms with van der Waals surface area (Å²) in [7, 11) is 0. The summed E-state index contributed by atoms with van der Waals surface area (Å²) in [6, 6.07) is 16.4. The molecule has 0 unspecified atom stereocenters. The number of halogens is 4. The average molecular weight is 1200 g/mol. The number of ether oxygens (including phenoxy) is 1. The molecule has 6 aliphatic rings. The third-order valence-electron chi connectivity index (χ3n) is 16.6. The van der Waals surface area contributed by atoms with Crippen LogP contribution in [-0.2, 0) is 17.8 Å². The number of urea groups is 2. The molecule has 87 heavy (non-hydrogen) atoms. The molecule has 4 aromatic carbocycles. The van der Waals surface area contributed by atoms with Crippen LogP contribution in [0.1, 0.15) is 128 Å². The molecule has 20 nitrogen and oxygen atoms in total. The van der Waals surface area contributed by atoms with Crippen LogP contribution in [0, 0.1) is 37.1 Å². The molecule has 0 atom stereocenters. The molecule has 0 bridgehead atoms. The smallest absolute Gasteiger partial charge is 0.407 e. The Morgan fingerprint density at radius 3 is 1.33 bits per heavy atom. The van der Waals surface area contributed by atoms with Crippen LogP contribution in [-0.4, -0.2) is 106 Å². The number of anilines is 6. The molecule has 2 saturated carbocycles. The van der Waals surface area contributed by atoms with E-state index < -0.39 is 58.4 Å². The van der Waals surface area contributed by atoms with Crippen molar-refractivity contribution in [2.24, 2.45) is 5.73 Å². The molecule has 7 N–H and O–H groups in total. The minimum absolute atomic E-state index is 0.0101. The van der Waals surface area contributed by atoms with Crippen LogP contribution in [0.25, 0.3) is 22.5 Å². The molecule has 456 valence electrons. The standard InChI is InChI=1S/C34H39F2N7O4.C29H31F2N7O2/c1-19-11-12-20(30(44)38-21-7-5-8-21)17-23(19)27-24-18-37-32(45)43(28-25(35)9-6-10-26(28)36)29(24)41-31(40-27)42-15-13-22(14-16-42)39-33(46)47-34(2,3)4;1-16-8-9-17(27(39)34-19-4-2-5-19)14-20(16)24-21-15-33-29(40)38(25-22(30)6-3-7-23(25)31)26(21)36-28(35-24)37-12-10-18(32)11-13-37/h6,9-12,17,21-22H,5,7-8,13-16,18H2,1-4H3,(H,37,45)(H,38,44)(H,39,46);3,6-9,14,18-19H,2,4-5,10-13,15,32H2,1H3,(H,33,40)(H,34,39). The molecule has 6 aromatic rings. The molecule has 6 heterocycles. The predicted octanol–water partition coefficient (Wildman–Crippen LogP) is 10.2. The van der Waals surface area contributed by atoms with E-state index in [-0.39, 0.29) is 66.7 Å². The fraction of sp³-hybridized carbons (Fsp3) is 0.413. The highest BCUT2D eigenvalue weighted by molar-refractivity contribution is 6.04. The lowest BCUT2D eigenvalue weighted by Gasteiger charge is -2.35. The van der Waals surface area contributed by atoms with Crippen molar-refractivity contribution in [3.8, 4) is 22.5 Å². The van der Waals surface area contributed by atoms with Gasteiger partial charge < -0.3 is 46.9 Å². The summed E-state index contributed by atoms with van der Waals surface area (Å²) in [5.74, 6) is -3.23. The highest BCUT2D eigenvalue weighted by Gasteiger charge is 2.38. The topological polar surface area (TPSA) is 245 Å². The number of carbonyl (C=O) groups excluding carboxylic acids is 5. The number of rotatable bonds is 11. The van der Waals surface area contributed by atoms with E-state index >= 15 is 8.78 Å². The van der Waals surface area contributed by atoms with Gasteiger partial charge in [0.15, 0.2) is 11.6 Å². The Balaban J connectivity index is 0.000000182. The monoisotopic (exact) mass is 1190 g/mol. The van der Waals surface area contributed by atoms with Crippen molar-refractivity contribution >= 4 is 64.9 Å². The summed E-state index contributed by atoms with van der Waals surface area (Å²) in [6.07, 6.45) is 8.12. The first-order valence-corrected chi connectivity index (χ1v) is 29.6. The number of aromatic nitrogens is 4. The summed E-state index contributed by atoms with van der Waals surface area (Å²) >= 11 is 0. The quantitative estimate of drug-likeness (QED) is 0.0662. The zero-order valence-corrected chi connectivity index (χ0v) is 49.2. The summed E-state index contributed by atoms with van der Waals surface area (Å²) in [5, 5.41) is 14.5. The molecule has 12 rings (SSSR count). The zero-order valence-electron chi connectivity index (χ0n) is 49.2. The van der Waals surface area contributed by atoms with Crippen molar-refractivity contribution in [1.29, 1.82) is 0 Å². The molecular formula is C63H70F4N14O6. The van der Waals surface area contributed by atoms with Gasteiger partial charge in [0.05, 0.1) is 24.5 Å². The van der Waals surface area contributed by atoms with Gasteiger partial charge in [-0.25, -0.2) is 51.7 Å². The molecule has 2 saturated heterocycles. The first-order chi connectivity index (χ1) is 41.7. The van der Waals surface area contributed by atoms with Gasteiger partial charge in [-0.1, -0.05) is 24.3 Å². The van der Waals surface area contributed by atoms with E-state index in [0.29, 0.717) is 89.7 Å². The third kappa shape index (κ3) is 12.8. The number of nitrogens with two attached hydrogens (primary N) is 1. The Bertz CT molecular complexity index is 3630. The average Bonchev–Trinajstić information content (AvgIpc) is 0.794. The third-order valence-corrected chi connectivity index (χ3v) is 16.6. The second-order valence-electron chi connectivity index (χ2n) is 24.0. The van der Waals surface area contributed by atoms with Gasteiger partial charge in [-0.15, -0.1) is 0 Å². The lowest BCUT2D eigenvalue weighted by molar-refractivity contribution is 0.0496. The van der Waals surface area contributed by atoms with Crippen LogP contribution in [0.3, 0.4) is 0 Å². The second-order valence-corrected chi connectivity index (χ2v) is 24.0. The SMILES string of the molecule is Cc1ccc(C(=O)NC2CCC2)cc1-c1nc(N2CCC(N)CC2)nc2c1CNC(=O)N2c1c(F)cccc1F.Cc1ccc(C(=O)NC2CCC2)cc1-c1nc(N2CCC(NC(=O)OC(C)(C)C)CC2)nc2c1CNC(=O)N2c1c(F)cccc1F. The molecule has 4 aliphatic heterocycles. The number of benzene rings is 4. The Morgan fingerprint density at radius 1 is 0.563 bits per heavy atom. The van der Waals surface area contributed by atoms with Gasteiger partial charge in [-0.3, -0.25) is 9.59 Å². The summed E-state index contributed by atoms with van der Waals surface area (Å²) in [5.41, 5.74) is 10.3. The number of para-hydroxylation sites is 2. The van der Waals surface area contributed by atoms with E-state index in [2.05, 4.69) is 26.6 Å². The molecule has 24 heteroatoms. The molecule has 0 radical (unpaired) electrons. The van der Waals surface area contributed by atoms with Crippen LogP contribution >= 0.6 is 0 Å². The molecule has 7 amide bonds. The Kier molecular flexibility index (Phi) is 17.1. The van der Waals surface area contributed by atoms with Crippen LogP contribution < -0.4 is 51.9 Å². The molecule has 0 spiro atoms. The fourth-order valence-corrected chi connectivity index (χ4v) is 11.3. The highest BCUT2D eigenvalue weighted by atomic mass is 19.1. The van der Waals surface area contributed by atoms with Gasteiger partial charge in [0.2, 0.25) is 11.9 Å². The maximum absolute atomic E-state index is 15.2. The Labute approximate surface area is 501 Å². The maximum Gasteiger partial charge on any atom is 0.407 e. The highest BCUT2D eigenvalue weighted by Crippen LogP contribution is 2.43. The number of hydrogen-bond donors (Lipinski definition) is 6. The summed E-state index contributed by atoms with van der Waals surface area (Å²) < 4.78 is 65.7. The van der Waals surface area contributed by atoms with Crippen molar-refractivity contribution in [3.05, 3.63) is 129 Å². The van der Waals surface area contributed by atoms with E-state index in [9.17, 15) is 32.8 Å². The Hall–Kier alpha value is -8.93. The number of piperidine rings is 2. The van der Waals surface area contributed by atoms with Crippen LogP contribution in [0.5, 0.6) is 0 Å². The maximum atomic E-state index is 15.2. The largest absolute Gasteiger partial charge is 0.444 e. The second kappa shape index (κ2) is 24.8. The van der Waals surface area contributed by atoms with Crippen molar-refractivity contribution in [2.45, 2.75) is 142 Å². The van der Waals surface area contributed by atoms with Crippen molar-refractivity contribution < 1.29 is 46.3 Å². The fourth-order valence-electron chi connectivity index (χ4n) is 11.3. The Morgan fingerprint density at radius 2 is 0.954 bits per heavy atom. The normalized spacial score (nSPS) is 17.4. The lowest BCUT2D eigenvalue weighted by atomic mass is 9.92. The number of nitrogens with one attached hydrogen (secondary N) is 5. The van der Waals surface area contributed by atoms with Gasteiger partial charge in [-0.2, -0.15) is 9.97 Å². The molecular weight excluding hydrogens is 1120 g/mol. The lowest BCUT2D eigenvalue weighted by Crippen LogP contribution is -2.47. The van der Waals surface area contributed by atoms with E-state index in [1.54, 1.807) is 45.0 Å². The van der Waals surface area contributed by atoms with Gasteiger partial charge in [0.1, 0.15) is 40.2 Å². The molecule has 2 aromatic heterocycles. The van der Waals surface area contributed by atoms with Crippen molar-refractivity contribution in [3.63, 3.8) is 0 Å². The number of carbonyl (C=O) groups is 5. The molecule has 4 fully saturated rings. The van der Waals surface area contributed by atoms with Crippen molar-refractivity contribution in [1.82, 2.24) is 46.5 Å². The van der Waals surface area contributed by atoms with E-state index in [0.717, 1.165) is 96.6 Å². The minimum atomic E-state index is -0.922. The van der Waals surface area contributed by atoms with E-state index in [1.165, 1.54) is 12.1 Å². The van der Waals surface area contributed by atoms with Crippen LogP contribution in [0.15, 0.2) is 72.8 Å². The number of alkyl carbamates (subject to hydrolysis) is 1. The van der Waals surface area contributed by atoms with E-state index in [1.807, 2.05) is 35.8 Å². The number of nitrogens with zero attached hydrogens (tertiary/aromatic N) is 8. The van der Waals surface area contributed by atoms with Crippen LogP contribution in [0.4, 0.5) is 66.9 Å². The first kappa shape index (κ1) is 59.8. The van der Waals surface area contributed by atoms with Gasteiger partial charge in [-0.05, 0) is 158 Å². The van der Waals surface area contributed by atoms with E-state index in [4.69, 9.17) is 30.4 Å². The predicted molar refractivity (Wildman–Crippen MR) is 320 cm³/mol. The van der Waals surface area contributed by atoms with Gasteiger partial charge in [0, 0.05) is 83.7 Å². The summed E-state index contributed by atoms with van der Waals surface area (Å²) in [6.45, 7) is 11.4. The van der Waals surface area contributed by atoms with Crippen molar-refractivity contribution in [2.75, 3.05) is 45.8 Å². The number of fused-ring (bicyclic) bond motifs is 2. The first-order valence-electron chi connectivity index (χ1n) is 29.6. The number of hydrogen-bond acceptors (Lipinski definition) is 13. The van der Waals surface area contributed by atoms with Gasteiger partial charge >= 0.3 is 18.2 Å².